The van der Waals surface area contributed by atoms with E-state index >= 15 is 0 Å². The first kappa shape index (κ1) is 11.3. The van der Waals surface area contributed by atoms with Crippen LogP contribution >= 0.6 is 0 Å². The van der Waals surface area contributed by atoms with E-state index in [9.17, 15) is 0 Å². The van der Waals surface area contributed by atoms with Crippen molar-refractivity contribution in [3.8, 4) is 11.5 Å². The van der Waals surface area contributed by atoms with Gasteiger partial charge in [-0.15, -0.1) is 0 Å². The van der Waals surface area contributed by atoms with Crippen LogP contribution in [0.5, 0.6) is 11.5 Å². The Kier molecular flexibility index (Phi) is 3.34. The maximum atomic E-state index is 5.44. The van der Waals surface area contributed by atoms with Crippen LogP contribution in [0.3, 0.4) is 0 Å². The molecule has 0 saturated carbocycles. The molecule has 0 amide bonds. The second-order valence-electron chi connectivity index (χ2n) is 4.21. The summed E-state index contributed by atoms with van der Waals surface area (Å²) in [6.45, 7) is 3.12. The van der Waals surface area contributed by atoms with E-state index in [1.165, 1.54) is 18.4 Å². The van der Waals surface area contributed by atoms with Gasteiger partial charge >= 0.3 is 0 Å². The van der Waals surface area contributed by atoms with E-state index in [-0.39, 0.29) is 0 Å². The van der Waals surface area contributed by atoms with Crippen LogP contribution in [-0.4, -0.2) is 20.8 Å². The zero-order chi connectivity index (χ0) is 11.5. The molecule has 1 fully saturated rings. The van der Waals surface area contributed by atoms with Crippen molar-refractivity contribution in [2.75, 3.05) is 20.8 Å². The normalized spacial score (nSPS) is 19.8. The topological polar surface area (TPSA) is 30.5 Å². The molecule has 1 aliphatic heterocycles. The fourth-order valence-corrected chi connectivity index (χ4v) is 2.30. The van der Waals surface area contributed by atoms with Crippen LogP contribution < -0.4 is 14.8 Å². The maximum Gasteiger partial charge on any atom is 0.124 e. The van der Waals surface area contributed by atoms with E-state index in [0.29, 0.717) is 6.04 Å². The minimum atomic E-state index is 0.407. The zero-order valence-electron chi connectivity index (χ0n) is 10.2. The van der Waals surface area contributed by atoms with Gasteiger partial charge in [0.05, 0.1) is 14.2 Å². The third-order valence-electron chi connectivity index (χ3n) is 3.18. The van der Waals surface area contributed by atoms with E-state index in [4.69, 9.17) is 9.47 Å². The van der Waals surface area contributed by atoms with Crippen LogP contribution in [0.2, 0.25) is 0 Å². The largest absolute Gasteiger partial charge is 0.496 e. The minimum absolute atomic E-state index is 0.407. The molecule has 0 aromatic heterocycles. The van der Waals surface area contributed by atoms with Crippen LogP contribution in [0.1, 0.15) is 30.0 Å². The maximum absolute atomic E-state index is 5.44. The molecule has 3 heteroatoms. The number of nitrogens with one attached hydrogen (secondary N) is 1. The smallest absolute Gasteiger partial charge is 0.124 e. The van der Waals surface area contributed by atoms with Crippen LogP contribution in [-0.2, 0) is 0 Å². The van der Waals surface area contributed by atoms with Gasteiger partial charge in [-0.05, 0) is 44.0 Å². The van der Waals surface area contributed by atoms with Crippen molar-refractivity contribution in [1.82, 2.24) is 5.32 Å². The van der Waals surface area contributed by atoms with Gasteiger partial charge in [-0.1, -0.05) is 0 Å². The van der Waals surface area contributed by atoms with Gasteiger partial charge in [0.1, 0.15) is 11.5 Å². The van der Waals surface area contributed by atoms with Gasteiger partial charge in [0.25, 0.3) is 0 Å². The quantitative estimate of drug-likeness (QED) is 0.850. The molecule has 1 saturated heterocycles. The first-order valence-electron chi connectivity index (χ1n) is 5.72. The van der Waals surface area contributed by atoms with E-state index in [1.54, 1.807) is 14.2 Å². The average molecular weight is 221 g/mol. The predicted molar refractivity (Wildman–Crippen MR) is 64.3 cm³/mol. The van der Waals surface area contributed by atoms with Crippen molar-refractivity contribution in [2.45, 2.75) is 25.8 Å². The van der Waals surface area contributed by atoms with Gasteiger partial charge < -0.3 is 14.8 Å². The zero-order valence-corrected chi connectivity index (χ0v) is 10.2. The van der Waals surface area contributed by atoms with Gasteiger partial charge in [-0.2, -0.15) is 0 Å². The Morgan fingerprint density at radius 1 is 1.19 bits per heavy atom. The van der Waals surface area contributed by atoms with E-state index in [0.717, 1.165) is 23.6 Å². The lowest BCUT2D eigenvalue weighted by molar-refractivity contribution is 0.391. The molecule has 1 N–H and O–H groups in total. The Morgan fingerprint density at radius 2 is 1.94 bits per heavy atom. The number of benzene rings is 1. The van der Waals surface area contributed by atoms with Crippen LogP contribution in [0.15, 0.2) is 12.1 Å². The molecule has 16 heavy (non-hydrogen) atoms. The van der Waals surface area contributed by atoms with E-state index in [1.807, 2.05) is 13.0 Å². The van der Waals surface area contributed by atoms with Gasteiger partial charge in [-0.3, -0.25) is 0 Å². The molecule has 1 aromatic rings. The highest BCUT2D eigenvalue weighted by Crippen LogP contribution is 2.35. The summed E-state index contributed by atoms with van der Waals surface area (Å²) in [5.74, 6) is 1.89. The standard InChI is InChI=1S/C13H19NO2/c1-9-7-13(16-3)10(8-12(9)15-2)11-5-4-6-14-11/h7-8,11,14H,4-6H2,1-3H3. The van der Waals surface area contributed by atoms with Crippen LogP contribution in [0.4, 0.5) is 0 Å². The lowest BCUT2D eigenvalue weighted by atomic mass is 10.0. The minimum Gasteiger partial charge on any atom is -0.496 e. The molecule has 0 spiro atoms. The molecule has 0 aliphatic carbocycles. The second kappa shape index (κ2) is 4.74. The van der Waals surface area contributed by atoms with Crippen LogP contribution in [0, 0.1) is 6.92 Å². The monoisotopic (exact) mass is 221 g/mol. The summed E-state index contributed by atoms with van der Waals surface area (Å²) in [6.07, 6.45) is 2.40. The van der Waals surface area contributed by atoms with Crippen molar-refractivity contribution in [3.63, 3.8) is 0 Å². The fraction of sp³-hybridized carbons (Fsp3) is 0.538. The number of hydrogen-bond donors (Lipinski definition) is 1. The summed E-state index contributed by atoms with van der Waals surface area (Å²) in [4.78, 5) is 0. The lowest BCUT2D eigenvalue weighted by Crippen LogP contribution is -2.14. The summed E-state index contributed by atoms with van der Waals surface area (Å²) in [5, 5.41) is 3.48. The average Bonchev–Trinajstić information content (AvgIpc) is 2.82. The lowest BCUT2D eigenvalue weighted by Gasteiger charge is -2.17. The first-order valence-corrected chi connectivity index (χ1v) is 5.72. The highest BCUT2D eigenvalue weighted by atomic mass is 16.5. The van der Waals surface area contributed by atoms with Gasteiger partial charge in [0.15, 0.2) is 0 Å². The first-order chi connectivity index (χ1) is 7.76. The van der Waals surface area contributed by atoms with Crippen LogP contribution in [0.25, 0.3) is 0 Å². The molecule has 2 rings (SSSR count). The summed E-state index contributed by atoms with van der Waals surface area (Å²) >= 11 is 0. The third-order valence-corrected chi connectivity index (χ3v) is 3.18. The third kappa shape index (κ3) is 2.00. The molecule has 1 unspecified atom stereocenters. The second-order valence-corrected chi connectivity index (χ2v) is 4.21. The highest BCUT2D eigenvalue weighted by molar-refractivity contribution is 5.47. The Hall–Kier alpha value is -1.22. The number of ether oxygens (including phenoxy) is 2. The molecular weight excluding hydrogens is 202 g/mol. The Labute approximate surface area is 96.8 Å². The molecule has 0 bridgehead atoms. The van der Waals surface area contributed by atoms with Crippen molar-refractivity contribution >= 4 is 0 Å². The van der Waals surface area contributed by atoms with Crippen molar-refractivity contribution in [1.29, 1.82) is 0 Å². The van der Waals surface area contributed by atoms with E-state index in [2.05, 4.69) is 11.4 Å². The number of hydrogen-bond acceptors (Lipinski definition) is 3. The Balaban J connectivity index is 2.40. The summed E-state index contributed by atoms with van der Waals surface area (Å²) in [7, 11) is 3.43. The molecular formula is C13H19NO2. The summed E-state index contributed by atoms with van der Waals surface area (Å²) in [6, 6.07) is 4.55. The molecule has 88 valence electrons. The molecule has 3 nitrogen and oxygen atoms in total. The molecule has 0 radical (unpaired) electrons. The van der Waals surface area contributed by atoms with Gasteiger partial charge in [0.2, 0.25) is 0 Å². The summed E-state index contributed by atoms with van der Waals surface area (Å²) in [5.41, 5.74) is 2.32. The summed E-state index contributed by atoms with van der Waals surface area (Å²) < 4.78 is 10.8. The predicted octanol–water partition coefficient (Wildman–Crippen LogP) is 2.44. The molecule has 1 heterocycles. The fourth-order valence-electron chi connectivity index (χ4n) is 2.30. The number of aryl methyl sites for hydroxylation is 1. The molecule has 1 aliphatic rings. The number of methoxy groups -OCH3 is 2. The van der Waals surface area contributed by atoms with Gasteiger partial charge in [-0.25, -0.2) is 0 Å². The van der Waals surface area contributed by atoms with E-state index < -0.39 is 0 Å². The molecule has 1 atom stereocenters. The van der Waals surface area contributed by atoms with Gasteiger partial charge in [0, 0.05) is 11.6 Å². The van der Waals surface area contributed by atoms with Crippen molar-refractivity contribution in [3.05, 3.63) is 23.3 Å². The highest BCUT2D eigenvalue weighted by Gasteiger charge is 2.21. The number of rotatable bonds is 3. The molecule has 1 aromatic carbocycles. The Bertz CT molecular complexity index is 370. The SMILES string of the molecule is COc1cc(C2CCCN2)c(OC)cc1C. The Morgan fingerprint density at radius 3 is 2.50 bits per heavy atom. The van der Waals surface area contributed by atoms with Crippen molar-refractivity contribution in [2.24, 2.45) is 0 Å². The van der Waals surface area contributed by atoms with Crippen molar-refractivity contribution < 1.29 is 9.47 Å².